The van der Waals surface area contributed by atoms with Crippen LogP contribution in [0.25, 0.3) is 0 Å². The van der Waals surface area contributed by atoms with Crippen LogP contribution >= 0.6 is 0 Å². The molecule has 1 heterocycles. The standard InChI is InChI=1S/C15H32N4O/c1-5-7-15(2,16)14(20)18(4)8-6-9-19-12-10-17(3)11-13-19/h5-13,16H2,1-4H3. The number of amides is 1. The lowest BCUT2D eigenvalue weighted by molar-refractivity contribution is -0.135. The minimum atomic E-state index is -0.711. The average Bonchev–Trinajstić information content (AvgIpc) is 2.40. The molecule has 118 valence electrons. The molecular weight excluding hydrogens is 252 g/mol. The first-order valence-corrected chi connectivity index (χ1v) is 7.82. The van der Waals surface area contributed by atoms with Crippen molar-refractivity contribution in [2.75, 3.05) is 53.4 Å². The molecule has 5 nitrogen and oxygen atoms in total. The van der Waals surface area contributed by atoms with Gasteiger partial charge in [-0.3, -0.25) is 4.79 Å². The van der Waals surface area contributed by atoms with Crippen molar-refractivity contribution in [2.45, 2.75) is 38.6 Å². The summed E-state index contributed by atoms with van der Waals surface area (Å²) >= 11 is 0. The second kappa shape index (κ2) is 7.96. The molecule has 0 saturated carbocycles. The Bertz CT molecular complexity index is 298. The SMILES string of the molecule is CCCC(C)(N)C(=O)N(C)CCCN1CCN(C)CC1. The molecule has 0 aliphatic carbocycles. The summed E-state index contributed by atoms with van der Waals surface area (Å²) in [5, 5.41) is 0. The van der Waals surface area contributed by atoms with Crippen LogP contribution in [0, 0.1) is 0 Å². The highest BCUT2D eigenvalue weighted by Crippen LogP contribution is 2.12. The molecule has 0 radical (unpaired) electrons. The fourth-order valence-corrected chi connectivity index (χ4v) is 2.77. The predicted octanol–water partition coefficient (Wildman–Crippen LogP) is 0.600. The maximum atomic E-state index is 12.3. The van der Waals surface area contributed by atoms with Gasteiger partial charge in [0.05, 0.1) is 5.54 Å². The Morgan fingerprint density at radius 1 is 1.30 bits per heavy atom. The number of nitrogens with two attached hydrogens (primary N) is 1. The first-order valence-electron chi connectivity index (χ1n) is 7.82. The van der Waals surface area contributed by atoms with Crippen LogP contribution in [0.1, 0.15) is 33.1 Å². The van der Waals surface area contributed by atoms with Crippen molar-refractivity contribution in [1.82, 2.24) is 14.7 Å². The number of carbonyl (C=O) groups is 1. The van der Waals surface area contributed by atoms with Crippen LogP contribution < -0.4 is 5.73 Å². The molecule has 20 heavy (non-hydrogen) atoms. The lowest BCUT2D eigenvalue weighted by Gasteiger charge is -2.33. The zero-order chi connectivity index (χ0) is 15.2. The first-order chi connectivity index (χ1) is 9.36. The fourth-order valence-electron chi connectivity index (χ4n) is 2.77. The van der Waals surface area contributed by atoms with Crippen molar-refractivity contribution in [3.63, 3.8) is 0 Å². The van der Waals surface area contributed by atoms with E-state index in [-0.39, 0.29) is 5.91 Å². The molecule has 2 N–H and O–H groups in total. The average molecular weight is 284 g/mol. The molecule has 0 bridgehead atoms. The minimum Gasteiger partial charge on any atom is -0.344 e. The van der Waals surface area contributed by atoms with Gasteiger partial charge in [0.15, 0.2) is 0 Å². The van der Waals surface area contributed by atoms with Crippen LogP contribution in [0.4, 0.5) is 0 Å². The van der Waals surface area contributed by atoms with Gasteiger partial charge in [-0.1, -0.05) is 13.3 Å². The third kappa shape index (κ3) is 5.38. The molecule has 5 heteroatoms. The Hall–Kier alpha value is -0.650. The first kappa shape index (κ1) is 17.4. The van der Waals surface area contributed by atoms with Gasteiger partial charge in [0, 0.05) is 39.8 Å². The maximum absolute atomic E-state index is 12.3. The lowest BCUT2D eigenvalue weighted by atomic mass is 9.96. The molecule has 1 fully saturated rings. The molecule has 0 aromatic heterocycles. The van der Waals surface area contributed by atoms with Gasteiger partial charge < -0.3 is 20.4 Å². The quantitative estimate of drug-likeness (QED) is 0.744. The summed E-state index contributed by atoms with van der Waals surface area (Å²) in [6.07, 6.45) is 2.71. The van der Waals surface area contributed by atoms with Crippen molar-refractivity contribution in [1.29, 1.82) is 0 Å². The number of hydrogen-bond acceptors (Lipinski definition) is 4. The molecule has 1 amide bonds. The van der Waals surface area contributed by atoms with Gasteiger partial charge in [-0.15, -0.1) is 0 Å². The van der Waals surface area contributed by atoms with Gasteiger partial charge >= 0.3 is 0 Å². The van der Waals surface area contributed by atoms with Gasteiger partial charge in [0.1, 0.15) is 0 Å². The molecule has 1 aliphatic heterocycles. The Morgan fingerprint density at radius 2 is 1.90 bits per heavy atom. The highest BCUT2D eigenvalue weighted by Gasteiger charge is 2.29. The van der Waals surface area contributed by atoms with E-state index in [1.165, 1.54) is 0 Å². The summed E-state index contributed by atoms with van der Waals surface area (Å²) in [7, 11) is 4.03. The zero-order valence-electron chi connectivity index (χ0n) is 13.7. The van der Waals surface area contributed by atoms with E-state index in [0.29, 0.717) is 0 Å². The van der Waals surface area contributed by atoms with E-state index in [1.54, 1.807) is 4.90 Å². The van der Waals surface area contributed by atoms with Gasteiger partial charge in [0.25, 0.3) is 0 Å². The summed E-state index contributed by atoms with van der Waals surface area (Å²) in [5.74, 6) is 0.0673. The van der Waals surface area contributed by atoms with Crippen LogP contribution in [0.3, 0.4) is 0 Å². The van der Waals surface area contributed by atoms with Gasteiger partial charge in [-0.25, -0.2) is 0 Å². The summed E-state index contributed by atoms with van der Waals surface area (Å²) in [4.78, 5) is 18.9. The molecule has 0 aromatic rings. The second-order valence-corrected chi connectivity index (χ2v) is 6.39. The smallest absolute Gasteiger partial charge is 0.242 e. The number of nitrogens with zero attached hydrogens (tertiary/aromatic N) is 3. The molecule has 0 aromatic carbocycles. The van der Waals surface area contributed by atoms with Gasteiger partial charge in [0.2, 0.25) is 5.91 Å². The van der Waals surface area contributed by atoms with E-state index in [2.05, 4.69) is 23.8 Å². The molecule has 1 rings (SSSR count). The number of piperazine rings is 1. The summed E-state index contributed by atoms with van der Waals surface area (Å²) in [6, 6.07) is 0. The topological polar surface area (TPSA) is 52.8 Å². The molecule has 0 spiro atoms. The van der Waals surface area contributed by atoms with Crippen molar-refractivity contribution in [3.8, 4) is 0 Å². The Morgan fingerprint density at radius 3 is 2.45 bits per heavy atom. The number of carbonyl (C=O) groups excluding carboxylic acids is 1. The van der Waals surface area contributed by atoms with E-state index < -0.39 is 5.54 Å². The van der Waals surface area contributed by atoms with Crippen molar-refractivity contribution in [3.05, 3.63) is 0 Å². The number of hydrogen-bond donors (Lipinski definition) is 1. The largest absolute Gasteiger partial charge is 0.344 e. The summed E-state index contributed by atoms with van der Waals surface area (Å²) in [5.41, 5.74) is 5.38. The van der Waals surface area contributed by atoms with E-state index in [0.717, 1.165) is 58.5 Å². The van der Waals surface area contributed by atoms with Crippen LogP contribution in [-0.4, -0.2) is 79.5 Å². The third-order valence-corrected chi connectivity index (χ3v) is 4.17. The molecule has 1 atom stereocenters. The molecule has 1 aliphatic rings. The van der Waals surface area contributed by atoms with E-state index >= 15 is 0 Å². The van der Waals surface area contributed by atoms with Crippen LogP contribution in [0.15, 0.2) is 0 Å². The Labute approximate surface area is 124 Å². The van der Waals surface area contributed by atoms with Crippen molar-refractivity contribution in [2.24, 2.45) is 5.73 Å². The molecule has 1 unspecified atom stereocenters. The van der Waals surface area contributed by atoms with E-state index in [9.17, 15) is 4.79 Å². The normalized spacial score (nSPS) is 20.6. The predicted molar refractivity (Wildman–Crippen MR) is 83.7 cm³/mol. The van der Waals surface area contributed by atoms with Crippen LogP contribution in [0.5, 0.6) is 0 Å². The lowest BCUT2D eigenvalue weighted by Crippen LogP contribution is -2.52. The Balaban J connectivity index is 2.25. The van der Waals surface area contributed by atoms with E-state index in [4.69, 9.17) is 5.73 Å². The van der Waals surface area contributed by atoms with Crippen LogP contribution in [0.2, 0.25) is 0 Å². The zero-order valence-corrected chi connectivity index (χ0v) is 13.7. The summed E-state index contributed by atoms with van der Waals surface area (Å²) < 4.78 is 0. The second-order valence-electron chi connectivity index (χ2n) is 6.39. The van der Waals surface area contributed by atoms with Crippen molar-refractivity contribution < 1.29 is 4.79 Å². The summed E-state index contributed by atoms with van der Waals surface area (Å²) in [6.45, 7) is 10.3. The van der Waals surface area contributed by atoms with Crippen molar-refractivity contribution >= 4 is 5.91 Å². The highest BCUT2D eigenvalue weighted by atomic mass is 16.2. The van der Waals surface area contributed by atoms with Crippen LogP contribution in [-0.2, 0) is 4.79 Å². The van der Waals surface area contributed by atoms with Gasteiger partial charge in [-0.2, -0.15) is 0 Å². The fraction of sp³-hybridized carbons (Fsp3) is 0.933. The highest BCUT2D eigenvalue weighted by molar-refractivity contribution is 5.85. The Kier molecular flexibility index (Phi) is 6.92. The third-order valence-electron chi connectivity index (χ3n) is 4.17. The van der Waals surface area contributed by atoms with Gasteiger partial charge in [-0.05, 0) is 33.4 Å². The maximum Gasteiger partial charge on any atom is 0.242 e. The minimum absolute atomic E-state index is 0.0673. The molecular formula is C15H32N4O. The van der Waals surface area contributed by atoms with E-state index in [1.807, 2.05) is 14.0 Å². The molecule has 1 saturated heterocycles. The monoisotopic (exact) mass is 284 g/mol. The number of rotatable bonds is 7. The number of likely N-dealkylation sites (N-methyl/N-ethyl adjacent to an activating group) is 2.